The second kappa shape index (κ2) is 6.31. The van der Waals surface area contributed by atoms with Crippen LogP contribution in [-0.4, -0.2) is 31.0 Å². The Hall–Kier alpha value is -2.70. The van der Waals surface area contributed by atoms with Gasteiger partial charge in [0.25, 0.3) is 0 Å². The fourth-order valence-corrected chi connectivity index (χ4v) is 3.46. The summed E-state index contributed by atoms with van der Waals surface area (Å²) in [4.78, 5) is 0. The van der Waals surface area contributed by atoms with Crippen molar-refractivity contribution >= 4 is 23.1 Å². The lowest BCUT2D eigenvalue weighted by molar-refractivity contribution is 0.278. The van der Waals surface area contributed by atoms with Crippen LogP contribution >= 0.6 is 12.2 Å². The maximum absolute atomic E-state index is 9.26. The van der Waals surface area contributed by atoms with Gasteiger partial charge < -0.3 is 9.67 Å². The van der Waals surface area contributed by atoms with Gasteiger partial charge in [0.15, 0.2) is 10.6 Å². The first-order valence-electron chi connectivity index (χ1n) is 8.13. The number of nitrogens with one attached hydrogen (secondary N) is 1. The van der Waals surface area contributed by atoms with E-state index >= 15 is 0 Å². The van der Waals surface area contributed by atoms with Gasteiger partial charge in [-0.3, -0.25) is 9.67 Å². The van der Waals surface area contributed by atoms with Crippen LogP contribution < -0.4 is 0 Å². The number of fused-ring (bicyclic) bond motifs is 1. The van der Waals surface area contributed by atoms with Gasteiger partial charge in [-0.05, 0) is 42.9 Å². The Bertz CT molecular complexity index is 1110. The third-order valence-electron chi connectivity index (χ3n) is 4.43. The molecule has 4 aromatic rings. The Morgan fingerprint density at radius 1 is 1.12 bits per heavy atom. The van der Waals surface area contributed by atoms with E-state index in [0.29, 0.717) is 11.3 Å². The maximum atomic E-state index is 9.26. The summed E-state index contributed by atoms with van der Waals surface area (Å²) in [7, 11) is 0. The third-order valence-corrected chi connectivity index (χ3v) is 4.70. The molecule has 2 aromatic carbocycles. The molecule has 0 amide bonds. The number of aliphatic hydroxyl groups excluding tert-OH is 1. The number of rotatable bonds is 4. The zero-order valence-electron chi connectivity index (χ0n) is 13.8. The van der Waals surface area contributed by atoms with Gasteiger partial charge in [-0.25, -0.2) is 0 Å². The molecule has 0 atom stereocenters. The fraction of sp³-hybridized carbons (Fsp3) is 0.158. The van der Waals surface area contributed by atoms with Crippen LogP contribution in [-0.2, 0) is 6.54 Å². The Kier molecular flexibility index (Phi) is 3.99. The summed E-state index contributed by atoms with van der Waals surface area (Å²) >= 11 is 5.52. The molecule has 0 bridgehead atoms. The number of hydrogen-bond acceptors (Lipinski definition) is 3. The molecule has 0 aliphatic rings. The van der Waals surface area contributed by atoms with E-state index in [1.165, 1.54) is 0 Å². The highest BCUT2D eigenvalue weighted by Gasteiger charge is 2.15. The lowest BCUT2D eigenvalue weighted by atomic mass is 10.1. The van der Waals surface area contributed by atoms with Gasteiger partial charge in [-0.2, -0.15) is 5.10 Å². The number of H-pyrrole nitrogens is 1. The first-order valence-corrected chi connectivity index (χ1v) is 8.54. The topological polar surface area (TPSA) is 58.8 Å². The number of aliphatic hydroxyl groups is 1. The molecule has 4 rings (SSSR count). The molecule has 6 heteroatoms. The minimum Gasteiger partial charge on any atom is -0.395 e. The Balaban J connectivity index is 1.98. The van der Waals surface area contributed by atoms with Gasteiger partial charge in [0.2, 0.25) is 0 Å². The van der Waals surface area contributed by atoms with E-state index in [0.717, 1.165) is 33.5 Å². The number of nitrogens with zero attached hydrogens (tertiary/aromatic N) is 3. The molecule has 2 N–H and O–H groups in total. The second-order valence-electron chi connectivity index (χ2n) is 5.95. The molecular weight excluding hydrogens is 332 g/mol. The van der Waals surface area contributed by atoms with Gasteiger partial charge in [0, 0.05) is 23.7 Å². The summed E-state index contributed by atoms with van der Waals surface area (Å²) in [5.41, 5.74) is 4.22. The first kappa shape index (κ1) is 15.8. The number of hydrogen-bond donors (Lipinski definition) is 2. The standard InChI is InChI=1S/C19H18N4OS/c1-13-5-2-3-6-14(13)18-20-21-19(25)23(18)17-8-4-7-16-15(17)9-10-22(16)11-12-24/h2-10,24H,11-12H2,1H3,(H,21,25). The van der Waals surface area contributed by atoms with E-state index in [-0.39, 0.29) is 6.61 Å². The molecule has 0 spiro atoms. The van der Waals surface area contributed by atoms with Crippen LogP contribution in [0.15, 0.2) is 54.7 Å². The average molecular weight is 350 g/mol. The van der Waals surface area contributed by atoms with E-state index in [4.69, 9.17) is 12.2 Å². The van der Waals surface area contributed by atoms with Gasteiger partial charge in [-0.15, -0.1) is 0 Å². The van der Waals surface area contributed by atoms with Crippen LogP contribution in [0.2, 0.25) is 0 Å². The summed E-state index contributed by atoms with van der Waals surface area (Å²) in [6.07, 6.45) is 1.99. The van der Waals surface area contributed by atoms with Crippen molar-refractivity contribution in [3.8, 4) is 17.1 Å². The van der Waals surface area contributed by atoms with Crippen molar-refractivity contribution in [3.05, 3.63) is 65.1 Å². The van der Waals surface area contributed by atoms with E-state index in [1.807, 2.05) is 51.7 Å². The molecule has 0 saturated carbocycles. The molecule has 126 valence electrons. The fourth-order valence-electron chi connectivity index (χ4n) is 3.23. The molecule has 5 nitrogen and oxygen atoms in total. The van der Waals surface area contributed by atoms with E-state index < -0.39 is 0 Å². The normalized spacial score (nSPS) is 11.3. The van der Waals surface area contributed by atoms with Crippen molar-refractivity contribution in [1.82, 2.24) is 19.3 Å². The van der Waals surface area contributed by atoms with Crippen molar-refractivity contribution < 1.29 is 5.11 Å². The smallest absolute Gasteiger partial charge is 0.200 e. The molecule has 0 aliphatic heterocycles. The lowest BCUT2D eigenvalue weighted by Gasteiger charge is -2.11. The van der Waals surface area contributed by atoms with Crippen molar-refractivity contribution in [2.24, 2.45) is 0 Å². The molecule has 0 unspecified atom stereocenters. The van der Waals surface area contributed by atoms with Crippen molar-refractivity contribution in [2.45, 2.75) is 13.5 Å². The molecule has 0 saturated heterocycles. The largest absolute Gasteiger partial charge is 0.395 e. The van der Waals surface area contributed by atoms with Crippen LogP contribution in [0.1, 0.15) is 5.56 Å². The van der Waals surface area contributed by atoms with Crippen LogP contribution in [0.4, 0.5) is 0 Å². The Morgan fingerprint density at radius 3 is 2.76 bits per heavy atom. The van der Waals surface area contributed by atoms with E-state index in [1.54, 1.807) is 0 Å². The molecule has 2 aromatic heterocycles. The summed E-state index contributed by atoms with van der Waals surface area (Å²) in [6, 6.07) is 16.3. The van der Waals surface area contributed by atoms with E-state index in [2.05, 4.69) is 29.3 Å². The molecule has 0 aliphatic carbocycles. The zero-order valence-corrected chi connectivity index (χ0v) is 14.6. The number of benzene rings is 2. The Labute approximate surface area is 150 Å². The SMILES string of the molecule is Cc1ccccc1-c1n[nH]c(=S)n1-c1cccc2c1ccn2CCO. The van der Waals surface area contributed by atoms with Gasteiger partial charge in [-0.1, -0.05) is 30.3 Å². The molecule has 25 heavy (non-hydrogen) atoms. The predicted octanol–water partition coefficient (Wildman–Crippen LogP) is 3.85. The summed E-state index contributed by atoms with van der Waals surface area (Å²) in [6.45, 7) is 2.73. The summed E-state index contributed by atoms with van der Waals surface area (Å²) in [5, 5.41) is 17.7. The summed E-state index contributed by atoms with van der Waals surface area (Å²) in [5.74, 6) is 0.797. The zero-order chi connectivity index (χ0) is 17.4. The monoisotopic (exact) mass is 350 g/mol. The average Bonchev–Trinajstić information content (AvgIpc) is 3.20. The van der Waals surface area contributed by atoms with Crippen LogP contribution in [0.5, 0.6) is 0 Å². The van der Waals surface area contributed by atoms with Gasteiger partial charge in [0.05, 0.1) is 17.8 Å². The minimum atomic E-state index is 0.105. The van der Waals surface area contributed by atoms with Gasteiger partial charge in [0.1, 0.15) is 0 Å². The highest BCUT2D eigenvalue weighted by molar-refractivity contribution is 7.71. The predicted molar refractivity (Wildman–Crippen MR) is 102 cm³/mol. The molecular formula is C19H18N4OS. The van der Waals surface area contributed by atoms with Gasteiger partial charge >= 0.3 is 0 Å². The molecule has 0 fully saturated rings. The van der Waals surface area contributed by atoms with E-state index in [9.17, 15) is 5.11 Å². The highest BCUT2D eigenvalue weighted by Crippen LogP contribution is 2.29. The summed E-state index contributed by atoms with van der Waals surface area (Å²) < 4.78 is 4.57. The van der Waals surface area contributed by atoms with Crippen molar-refractivity contribution in [1.29, 1.82) is 0 Å². The van der Waals surface area contributed by atoms with Crippen LogP contribution in [0.3, 0.4) is 0 Å². The molecule has 0 radical (unpaired) electrons. The Morgan fingerprint density at radius 2 is 1.96 bits per heavy atom. The second-order valence-corrected chi connectivity index (χ2v) is 6.33. The van der Waals surface area contributed by atoms with Crippen LogP contribution in [0, 0.1) is 11.7 Å². The van der Waals surface area contributed by atoms with Crippen LogP contribution in [0.25, 0.3) is 28.0 Å². The van der Waals surface area contributed by atoms with Crippen molar-refractivity contribution in [2.75, 3.05) is 6.61 Å². The first-order chi connectivity index (χ1) is 12.2. The maximum Gasteiger partial charge on any atom is 0.200 e. The van der Waals surface area contributed by atoms with Crippen molar-refractivity contribution in [3.63, 3.8) is 0 Å². The lowest BCUT2D eigenvalue weighted by Crippen LogP contribution is -2.02. The highest BCUT2D eigenvalue weighted by atomic mass is 32.1. The minimum absolute atomic E-state index is 0.105. The molecule has 2 heterocycles. The number of aryl methyl sites for hydroxylation is 1. The quantitative estimate of drug-likeness (QED) is 0.550. The third kappa shape index (κ3) is 2.59. The number of aromatic amines is 1. The number of aromatic nitrogens is 4.